The molecule has 0 aliphatic rings. The van der Waals surface area contributed by atoms with Gasteiger partial charge in [-0.2, -0.15) is 0 Å². The SMILES string of the molecule is COC(=O)C=Cc1[nH]c(C)c(C(=O)OC)c1C(=O)c1ccccc1Cc1ccccc1. The van der Waals surface area contributed by atoms with Crippen LogP contribution in [0.15, 0.2) is 60.7 Å². The van der Waals surface area contributed by atoms with Crippen molar-refractivity contribution in [3.05, 3.63) is 99.9 Å². The Morgan fingerprint density at radius 3 is 2.26 bits per heavy atom. The van der Waals surface area contributed by atoms with E-state index in [2.05, 4.69) is 9.72 Å². The normalized spacial score (nSPS) is 10.8. The first-order valence-electron chi connectivity index (χ1n) is 9.69. The zero-order valence-corrected chi connectivity index (χ0v) is 17.6. The molecule has 0 atom stereocenters. The first-order chi connectivity index (χ1) is 15.0. The second-order valence-corrected chi connectivity index (χ2v) is 6.91. The van der Waals surface area contributed by atoms with Crippen LogP contribution in [0.3, 0.4) is 0 Å². The summed E-state index contributed by atoms with van der Waals surface area (Å²) in [5, 5.41) is 0. The van der Waals surface area contributed by atoms with Gasteiger partial charge in [0.2, 0.25) is 0 Å². The van der Waals surface area contributed by atoms with Crippen molar-refractivity contribution < 1.29 is 23.9 Å². The maximum absolute atomic E-state index is 13.7. The fourth-order valence-electron chi connectivity index (χ4n) is 3.43. The Morgan fingerprint density at radius 2 is 1.58 bits per heavy atom. The van der Waals surface area contributed by atoms with Gasteiger partial charge in [-0.1, -0.05) is 54.6 Å². The Labute approximate surface area is 180 Å². The highest BCUT2D eigenvalue weighted by molar-refractivity contribution is 6.17. The van der Waals surface area contributed by atoms with Gasteiger partial charge in [0.25, 0.3) is 0 Å². The minimum Gasteiger partial charge on any atom is -0.466 e. The van der Waals surface area contributed by atoms with Crippen molar-refractivity contribution in [3.63, 3.8) is 0 Å². The third kappa shape index (κ3) is 4.80. The summed E-state index contributed by atoms with van der Waals surface area (Å²) in [4.78, 5) is 40.7. The highest BCUT2D eigenvalue weighted by Crippen LogP contribution is 2.26. The molecule has 6 heteroatoms. The van der Waals surface area contributed by atoms with Crippen LogP contribution < -0.4 is 0 Å². The molecular weight excluding hydrogens is 394 g/mol. The lowest BCUT2D eigenvalue weighted by Gasteiger charge is -2.10. The summed E-state index contributed by atoms with van der Waals surface area (Å²) in [6.45, 7) is 1.67. The lowest BCUT2D eigenvalue weighted by atomic mass is 9.92. The Hall–Kier alpha value is -3.93. The van der Waals surface area contributed by atoms with Crippen molar-refractivity contribution in [3.8, 4) is 0 Å². The lowest BCUT2D eigenvalue weighted by molar-refractivity contribution is -0.134. The summed E-state index contributed by atoms with van der Waals surface area (Å²) in [7, 11) is 2.52. The van der Waals surface area contributed by atoms with Crippen LogP contribution in [0.4, 0.5) is 0 Å². The molecule has 0 radical (unpaired) electrons. The fraction of sp³-hybridized carbons (Fsp3) is 0.160. The molecule has 0 amide bonds. The summed E-state index contributed by atoms with van der Waals surface area (Å²) < 4.78 is 9.53. The molecule has 3 aromatic rings. The molecule has 0 unspecified atom stereocenters. The molecule has 2 aromatic carbocycles. The molecule has 6 nitrogen and oxygen atoms in total. The predicted molar refractivity (Wildman–Crippen MR) is 117 cm³/mol. The number of carbonyl (C=O) groups excluding carboxylic acids is 3. The maximum Gasteiger partial charge on any atom is 0.340 e. The number of nitrogens with one attached hydrogen (secondary N) is 1. The number of aryl methyl sites for hydroxylation is 1. The van der Waals surface area contributed by atoms with E-state index < -0.39 is 11.9 Å². The van der Waals surface area contributed by atoms with Crippen molar-refractivity contribution in [1.82, 2.24) is 4.98 Å². The van der Waals surface area contributed by atoms with Crippen LogP contribution in [0.2, 0.25) is 0 Å². The van der Waals surface area contributed by atoms with Crippen LogP contribution >= 0.6 is 0 Å². The van der Waals surface area contributed by atoms with Gasteiger partial charge >= 0.3 is 11.9 Å². The van der Waals surface area contributed by atoms with Crippen LogP contribution in [0, 0.1) is 6.92 Å². The van der Waals surface area contributed by atoms with Crippen LogP contribution in [-0.4, -0.2) is 36.9 Å². The zero-order valence-electron chi connectivity index (χ0n) is 17.6. The molecule has 0 fully saturated rings. The summed E-state index contributed by atoms with van der Waals surface area (Å²) in [5.41, 5.74) is 3.48. The van der Waals surface area contributed by atoms with E-state index in [-0.39, 0.29) is 16.9 Å². The molecule has 1 heterocycles. The van der Waals surface area contributed by atoms with Gasteiger partial charge in [0.15, 0.2) is 5.78 Å². The summed E-state index contributed by atoms with van der Waals surface area (Å²) in [6.07, 6.45) is 3.18. The molecule has 0 saturated carbocycles. The second kappa shape index (κ2) is 9.71. The van der Waals surface area contributed by atoms with Gasteiger partial charge in [0, 0.05) is 17.3 Å². The number of hydrogen-bond donors (Lipinski definition) is 1. The highest BCUT2D eigenvalue weighted by atomic mass is 16.5. The van der Waals surface area contributed by atoms with Crippen molar-refractivity contribution >= 4 is 23.8 Å². The van der Waals surface area contributed by atoms with Gasteiger partial charge in [-0.25, -0.2) is 9.59 Å². The molecule has 3 rings (SSSR count). The number of aromatic amines is 1. The monoisotopic (exact) mass is 417 g/mol. The number of aromatic nitrogens is 1. The molecule has 1 N–H and O–H groups in total. The standard InChI is InChI=1S/C25H23NO5/c1-16-22(25(29)31-3)23(20(26-16)13-14-21(27)30-2)24(28)19-12-8-7-11-18(19)15-17-9-5-4-6-10-17/h4-14,26H,15H2,1-3H3. The number of methoxy groups -OCH3 is 2. The average Bonchev–Trinajstić information content (AvgIpc) is 3.13. The van der Waals surface area contributed by atoms with Gasteiger partial charge in [-0.05, 0) is 30.5 Å². The molecular formula is C25H23NO5. The number of carbonyl (C=O) groups is 3. The van der Waals surface area contributed by atoms with Gasteiger partial charge in [0.1, 0.15) is 0 Å². The van der Waals surface area contributed by atoms with E-state index >= 15 is 0 Å². The van der Waals surface area contributed by atoms with Crippen LogP contribution in [0.5, 0.6) is 0 Å². The Balaban J connectivity index is 2.12. The van der Waals surface area contributed by atoms with Gasteiger partial charge in [-0.3, -0.25) is 4.79 Å². The number of ketones is 1. The number of hydrogen-bond acceptors (Lipinski definition) is 5. The average molecular weight is 417 g/mol. The maximum atomic E-state index is 13.7. The Bertz CT molecular complexity index is 1140. The van der Waals surface area contributed by atoms with E-state index in [0.717, 1.165) is 11.1 Å². The number of benzene rings is 2. The third-order valence-corrected chi connectivity index (χ3v) is 4.92. The molecule has 31 heavy (non-hydrogen) atoms. The van der Waals surface area contributed by atoms with Crippen molar-refractivity contribution in [1.29, 1.82) is 0 Å². The zero-order chi connectivity index (χ0) is 22.4. The smallest absolute Gasteiger partial charge is 0.340 e. The number of esters is 2. The molecule has 0 saturated heterocycles. The summed E-state index contributed by atoms with van der Waals surface area (Å²) in [5.74, 6) is -1.54. The number of ether oxygens (including phenoxy) is 2. The van der Waals surface area contributed by atoms with Crippen molar-refractivity contribution in [2.24, 2.45) is 0 Å². The third-order valence-electron chi connectivity index (χ3n) is 4.92. The lowest BCUT2D eigenvalue weighted by Crippen LogP contribution is -2.13. The molecule has 0 aliphatic carbocycles. The highest BCUT2D eigenvalue weighted by Gasteiger charge is 2.27. The van der Waals surface area contributed by atoms with Crippen molar-refractivity contribution in [2.45, 2.75) is 13.3 Å². The minimum absolute atomic E-state index is 0.145. The molecule has 0 spiro atoms. The molecule has 0 aliphatic heterocycles. The minimum atomic E-state index is -0.629. The molecule has 0 bridgehead atoms. The van der Waals surface area contributed by atoms with E-state index in [1.54, 1.807) is 19.1 Å². The second-order valence-electron chi connectivity index (χ2n) is 6.91. The van der Waals surface area contributed by atoms with Crippen molar-refractivity contribution in [2.75, 3.05) is 14.2 Å². The first kappa shape index (κ1) is 21.8. The van der Waals surface area contributed by atoms with Gasteiger partial charge in [-0.15, -0.1) is 0 Å². The molecule has 158 valence electrons. The van der Waals surface area contributed by atoms with Crippen LogP contribution in [0.25, 0.3) is 6.08 Å². The molecule has 1 aromatic heterocycles. The summed E-state index contributed by atoms with van der Waals surface area (Å²) >= 11 is 0. The number of H-pyrrole nitrogens is 1. The summed E-state index contributed by atoms with van der Waals surface area (Å²) in [6, 6.07) is 17.1. The van der Waals surface area contributed by atoms with Gasteiger partial charge in [0.05, 0.1) is 31.0 Å². The number of rotatable bonds is 7. The van der Waals surface area contributed by atoms with E-state index in [4.69, 9.17) is 4.74 Å². The van der Waals surface area contributed by atoms with E-state index in [9.17, 15) is 14.4 Å². The van der Waals surface area contributed by atoms with Crippen LogP contribution in [0.1, 0.15) is 48.8 Å². The van der Waals surface area contributed by atoms with E-state index in [1.165, 1.54) is 26.4 Å². The quantitative estimate of drug-likeness (QED) is 0.355. The first-order valence-corrected chi connectivity index (χ1v) is 9.69. The van der Waals surface area contributed by atoms with Crippen LogP contribution in [-0.2, 0) is 20.7 Å². The topological polar surface area (TPSA) is 85.5 Å². The van der Waals surface area contributed by atoms with E-state index in [1.807, 2.05) is 42.5 Å². The Morgan fingerprint density at radius 1 is 0.903 bits per heavy atom. The predicted octanol–water partition coefficient (Wildman–Crippen LogP) is 4.12. The largest absolute Gasteiger partial charge is 0.466 e. The fourth-order valence-corrected chi connectivity index (χ4v) is 3.43. The van der Waals surface area contributed by atoms with E-state index in [0.29, 0.717) is 23.4 Å². The Kier molecular flexibility index (Phi) is 6.82. The van der Waals surface area contributed by atoms with Gasteiger partial charge < -0.3 is 14.5 Å².